The van der Waals surface area contributed by atoms with E-state index in [1.165, 1.54) is 30.8 Å². The molecule has 0 atom stereocenters. The highest BCUT2D eigenvalue weighted by Crippen LogP contribution is 2.18. The fourth-order valence-corrected chi connectivity index (χ4v) is 1.92. The minimum atomic E-state index is -0.326. The van der Waals surface area contributed by atoms with E-state index in [0.717, 1.165) is 4.90 Å². The number of benzene rings is 1. The standard InChI is InChI=1S/C13H15FO3S/c1-10(15)3-2-8-17-13(16)9-18-12-6-4-11(14)5-7-12/h4-7H,2-3,8-9H2,1H3. The fourth-order valence-electron chi connectivity index (χ4n) is 1.22. The van der Waals surface area contributed by atoms with Crippen LogP contribution in [0.5, 0.6) is 0 Å². The number of rotatable bonds is 7. The SMILES string of the molecule is CC(=O)CCCOC(=O)CSc1ccc(F)cc1. The lowest BCUT2D eigenvalue weighted by Gasteiger charge is -2.04. The van der Waals surface area contributed by atoms with Crippen molar-refractivity contribution >= 4 is 23.5 Å². The summed E-state index contributed by atoms with van der Waals surface area (Å²) in [5.41, 5.74) is 0. The lowest BCUT2D eigenvalue weighted by molar-refractivity contribution is -0.140. The molecule has 0 spiro atoms. The second-order valence-corrected chi connectivity index (χ2v) is 4.82. The number of carbonyl (C=O) groups is 2. The van der Waals surface area contributed by atoms with E-state index in [2.05, 4.69) is 0 Å². The monoisotopic (exact) mass is 270 g/mol. The number of esters is 1. The van der Waals surface area contributed by atoms with Crippen molar-refractivity contribution in [2.24, 2.45) is 0 Å². The lowest BCUT2D eigenvalue weighted by Crippen LogP contribution is -2.09. The van der Waals surface area contributed by atoms with E-state index in [0.29, 0.717) is 12.8 Å². The molecule has 0 aliphatic heterocycles. The second-order valence-electron chi connectivity index (χ2n) is 3.77. The Morgan fingerprint density at radius 2 is 1.94 bits per heavy atom. The van der Waals surface area contributed by atoms with Crippen molar-refractivity contribution in [1.29, 1.82) is 0 Å². The number of carbonyl (C=O) groups excluding carboxylic acids is 2. The summed E-state index contributed by atoms with van der Waals surface area (Å²) in [4.78, 5) is 22.8. The molecule has 0 fully saturated rings. The van der Waals surface area contributed by atoms with Crippen LogP contribution in [0.4, 0.5) is 4.39 Å². The summed E-state index contributed by atoms with van der Waals surface area (Å²) in [6, 6.07) is 5.92. The van der Waals surface area contributed by atoms with Crippen LogP contribution in [-0.2, 0) is 14.3 Å². The van der Waals surface area contributed by atoms with Gasteiger partial charge in [-0.25, -0.2) is 4.39 Å². The number of ether oxygens (including phenoxy) is 1. The van der Waals surface area contributed by atoms with E-state index in [1.807, 2.05) is 0 Å². The number of ketones is 1. The summed E-state index contributed by atoms with van der Waals surface area (Å²) < 4.78 is 17.6. The van der Waals surface area contributed by atoms with Crippen molar-refractivity contribution in [3.63, 3.8) is 0 Å². The number of thioether (sulfide) groups is 1. The maximum Gasteiger partial charge on any atom is 0.316 e. The first-order valence-electron chi connectivity index (χ1n) is 5.61. The quantitative estimate of drug-likeness (QED) is 0.434. The normalized spacial score (nSPS) is 10.1. The van der Waals surface area contributed by atoms with Gasteiger partial charge in [-0.3, -0.25) is 4.79 Å². The Hall–Kier alpha value is -1.36. The molecule has 1 aromatic rings. The summed E-state index contributed by atoms with van der Waals surface area (Å²) in [6.07, 6.45) is 0.987. The summed E-state index contributed by atoms with van der Waals surface area (Å²) in [5.74, 6) is -0.350. The maximum absolute atomic E-state index is 12.6. The third kappa shape index (κ3) is 6.39. The molecule has 0 radical (unpaired) electrons. The zero-order valence-electron chi connectivity index (χ0n) is 10.1. The molecule has 0 bridgehead atoms. The minimum Gasteiger partial charge on any atom is -0.465 e. The van der Waals surface area contributed by atoms with E-state index < -0.39 is 0 Å². The van der Waals surface area contributed by atoms with Crippen LogP contribution in [-0.4, -0.2) is 24.1 Å². The van der Waals surface area contributed by atoms with Gasteiger partial charge in [-0.1, -0.05) is 0 Å². The van der Waals surface area contributed by atoms with Crippen molar-refractivity contribution in [3.8, 4) is 0 Å². The Balaban J connectivity index is 2.17. The summed E-state index contributed by atoms with van der Waals surface area (Å²) >= 11 is 1.29. The highest BCUT2D eigenvalue weighted by atomic mass is 32.2. The molecule has 0 saturated heterocycles. The van der Waals surface area contributed by atoms with Crippen LogP contribution in [0.15, 0.2) is 29.2 Å². The van der Waals surface area contributed by atoms with E-state index in [-0.39, 0.29) is 29.9 Å². The smallest absolute Gasteiger partial charge is 0.316 e. The zero-order chi connectivity index (χ0) is 13.4. The minimum absolute atomic E-state index is 0.0896. The van der Waals surface area contributed by atoms with Crippen molar-refractivity contribution in [1.82, 2.24) is 0 Å². The Kier molecular flexibility index (Phi) is 6.43. The van der Waals surface area contributed by atoms with Crippen LogP contribution in [0, 0.1) is 5.82 Å². The number of hydrogen-bond donors (Lipinski definition) is 0. The molecule has 1 rings (SSSR count). The van der Waals surface area contributed by atoms with E-state index >= 15 is 0 Å². The molecule has 0 saturated carbocycles. The molecule has 18 heavy (non-hydrogen) atoms. The molecular formula is C13H15FO3S. The average molecular weight is 270 g/mol. The molecule has 0 amide bonds. The topological polar surface area (TPSA) is 43.4 Å². The molecule has 0 aromatic heterocycles. The van der Waals surface area contributed by atoms with E-state index in [4.69, 9.17) is 4.74 Å². The first-order valence-corrected chi connectivity index (χ1v) is 6.60. The molecule has 98 valence electrons. The van der Waals surface area contributed by atoms with Crippen LogP contribution in [0.1, 0.15) is 19.8 Å². The van der Waals surface area contributed by atoms with Gasteiger partial charge in [0, 0.05) is 11.3 Å². The average Bonchev–Trinajstić information content (AvgIpc) is 2.34. The summed E-state index contributed by atoms with van der Waals surface area (Å²) in [5, 5.41) is 0. The number of Topliss-reactive ketones (excluding diaryl/α,β-unsaturated/α-hetero) is 1. The van der Waals surface area contributed by atoms with Gasteiger partial charge in [0.2, 0.25) is 0 Å². The molecule has 1 aromatic carbocycles. The highest BCUT2D eigenvalue weighted by molar-refractivity contribution is 8.00. The maximum atomic E-state index is 12.6. The van der Waals surface area contributed by atoms with Crippen LogP contribution in [0.3, 0.4) is 0 Å². The van der Waals surface area contributed by atoms with Gasteiger partial charge in [0.05, 0.1) is 12.4 Å². The number of halogens is 1. The fraction of sp³-hybridized carbons (Fsp3) is 0.385. The molecule has 3 nitrogen and oxygen atoms in total. The summed E-state index contributed by atoms with van der Waals surface area (Å²) in [7, 11) is 0. The van der Waals surface area contributed by atoms with Crippen molar-refractivity contribution in [2.45, 2.75) is 24.7 Å². The van der Waals surface area contributed by atoms with Gasteiger partial charge in [-0.05, 0) is 37.6 Å². The Morgan fingerprint density at radius 1 is 1.28 bits per heavy atom. The molecular weight excluding hydrogens is 255 g/mol. The zero-order valence-corrected chi connectivity index (χ0v) is 11.0. The second kappa shape index (κ2) is 7.87. The molecule has 0 unspecified atom stereocenters. The van der Waals surface area contributed by atoms with Crippen LogP contribution in [0.25, 0.3) is 0 Å². The van der Waals surface area contributed by atoms with Crippen LogP contribution in [0.2, 0.25) is 0 Å². The van der Waals surface area contributed by atoms with Gasteiger partial charge in [-0.2, -0.15) is 0 Å². The van der Waals surface area contributed by atoms with Crippen LogP contribution >= 0.6 is 11.8 Å². The molecule has 5 heteroatoms. The molecule has 0 aliphatic rings. The van der Waals surface area contributed by atoms with Gasteiger partial charge in [-0.15, -0.1) is 11.8 Å². The third-order valence-electron chi connectivity index (χ3n) is 2.11. The summed E-state index contributed by atoms with van der Waals surface area (Å²) in [6.45, 7) is 1.77. The van der Waals surface area contributed by atoms with Crippen molar-refractivity contribution in [2.75, 3.05) is 12.4 Å². The number of hydrogen-bond acceptors (Lipinski definition) is 4. The Bertz CT molecular complexity index is 403. The molecule has 0 N–H and O–H groups in total. The van der Waals surface area contributed by atoms with Gasteiger partial charge in [0.25, 0.3) is 0 Å². The van der Waals surface area contributed by atoms with E-state index in [9.17, 15) is 14.0 Å². The Labute approximate surface area is 110 Å². The first-order chi connectivity index (χ1) is 8.58. The highest BCUT2D eigenvalue weighted by Gasteiger charge is 2.04. The van der Waals surface area contributed by atoms with Crippen LogP contribution < -0.4 is 0 Å². The first kappa shape index (κ1) is 14.7. The third-order valence-corrected chi connectivity index (χ3v) is 3.09. The lowest BCUT2D eigenvalue weighted by atomic mass is 10.2. The van der Waals surface area contributed by atoms with E-state index in [1.54, 1.807) is 12.1 Å². The van der Waals surface area contributed by atoms with Crippen molar-refractivity contribution in [3.05, 3.63) is 30.1 Å². The Morgan fingerprint density at radius 3 is 2.56 bits per heavy atom. The predicted octanol–water partition coefficient (Wildman–Crippen LogP) is 2.83. The largest absolute Gasteiger partial charge is 0.465 e. The van der Waals surface area contributed by atoms with Crippen molar-refractivity contribution < 1.29 is 18.7 Å². The van der Waals surface area contributed by atoms with Gasteiger partial charge >= 0.3 is 5.97 Å². The van der Waals surface area contributed by atoms with Gasteiger partial charge in [0.15, 0.2) is 0 Å². The predicted molar refractivity (Wildman–Crippen MR) is 68.0 cm³/mol. The van der Waals surface area contributed by atoms with Gasteiger partial charge < -0.3 is 9.53 Å². The van der Waals surface area contributed by atoms with Gasteiger partial charge in [0.1, 0.15) is 11.6 Å². The molecule has 0 heterocycles. The molecule has 0 aliphatic carbocycles.